The van der Waals surface area contributed by atoms with E-state index < -0.39 is 0 Å². The second-order valence-electron chi connectivity index (χ2n) is 6.34. The zero-order valence-corrected chi connectivity index (χ0v) is 13.9. The Hall–Kier alpha value is -2.10. The van der Waals surface area contributed by atoms with Crippen LogP contribution in [-0.2, 0) is 11.2 Å². The molecule has 0 unspecified atom stereocenters. The van der Waals surface area contributed by atoms with Crippen molar-refractivity contribution >= 4 is 5.91 Å². The van der Waals surface area contributed by atoms with E-state index in [2.05, 4.69) is 34.3 Å². The minimum absolute atomic E-state index is 0.176. The molecule has 1 saturated heterocycles. The fourth-order valence-corrected chi connectivity index (χ4v) is 3.44. The summed E-state index contributed by atoms with van der Waals surface area (Å²) in [5.41, 5.74) is 2.99. The van der Waals surface area contributed by atoms with Crippen LogP contribution in [0.3, 0.4) is 0 Å². The van der Waals surface area contributed by atoms with Gasteiger partial charge in [-0.2, -0.15) is 0 Å². The number of nitrogens with zero attached hydrogens (tertiary/aromatic N) is 2. The lowest BCUT2D eigenvalue weighted by Gasteiger charge is -2.30. The third-order valence-electron chi connectivity index (χ3n) is 4.77. The highest BCUT2D eigenvalue weighted by Gasteiger charge is 2.27. The number of aryl methyl sites for hydroxylation is 2. The smallest absolute Gasteiger partial charge is 0.227 e. The molecule has 1 aliphatic rings. The Labute approximate surface area is 137 Å². The molecule has 2 aromatic rings. The molecule has 1 fully saturated rings. The molecule has 1 atom stereocenters. The van der Waals surface area contributed by atoms with E-state index in [1.807, 2.05) is 19.9 Å². The van der Waals surface area contributed by atoms with Crippen LogP contribution in [0.25, 0.3) is 0 Å². The quantitative estimate of drug-likeness (QED) is 0.861. The summed E-state index contributed by atoms with van der Waals surface area (Å²) >= 11 is 0. The van der Waals surface area contributed by atoms with Crippen molar-refractivity contribution < 1.29 is 9.32 Å². The van der Waals surface area contributed by atoms with Gasteiger partial charge in [-0.3, -0.25) is 4.79 Å². The van der Waals surface area contributed by atoms with Gasteiger partial charge < -0.3 is 9.42 Å². The zero-order valence-electron chi connectivity index (χ0n) is 13.9. The summed E-state index contributed by atoms with van der Waals surface area (Å²) in [6, 6.07) is 10.6. The van der Waals surface area contributed by atoms with E-state index >= 15 is 0 Å². The third kappa shape index (κ3) is 3.46. The van der Waals surface area contributed by atoms with Gasteiger partial charge in [-0.05, 0) is 32.3 Å². The van der Waals surface area contributed by atoms with Crippen molar-refractivity contribution in [2.45, 2.75) is 52.0 Å². The molecular weight excluding hydrogens is 288 g/mol. The van der Waals surface area contributed by atoms with Crippen molar-refractivity contribution in [3.05, 3.63) is 52.9 Å². The Kier molecular flexibility index (Phi) is 4.79. The summed E-state index contributed by atoms with van der Waals surface area (Å²) < 4.78 is 5.20. The minimum atomic E-state index is 0.176. The lowest BCUT2D eigenvalue weighted by Crippen LogP contribution is -2.36. The van der Waals surface area contributed by atoms with Gasteiger partial charge in [0.2, 0.25) is 5.91 Å². The lowest BCUT2D eigenvalue weighted by molar-refractivity contribution is -0.133. The number of aromatic nitrogens is 1. The van der Waals surface area contributed by atoms with Gasteiger partial charge in [0.1, 0.15) is 5.76 Å². The minimum Gasteiger partial charge on any atom is -0.361 e. The summed E-state index contributed by atoms with van der Waals surface area (Å²) in [4.78, 5) is 15.0. The van der Waals surface area contributed by atoms with Gasteiger partial charge in [0, 0.05) is 12.1 Å². The van der Waals surface area contributed by atoms with Gasteiger partial charge in [0.05, 0.1) is 18.2 Å². The molecule has 1 amide bonds. The molecule has 0 bridgehead atoms. The molecule has 2 heterocycles. The first-order valence-electron chi connectivity index (χ1n) is 8.43. The Morgan fingerprint density at radius 3 is 2.70 bits per heavy atom. The Morgan fingerprint density at radius 1 is 1.22 bits per heavy atom. The number of amides is 1. The molecule has 0 spiro atoms. The fourth-order valence-electron chi connectivity index (χ4n) is 3.44. The predicted octanol–water partition coefficient (Wildman–Crippen LogP) is 3.98. The van der Waals surface area contributed by atoms with Crippen LogP contribution in [0, 0.1) is 13.8 Å². The molecule has 1 aromatic heterocycles. The normalized spacial score (nSPS) is 18.7. The van der Waals surface area contributed by atoms with Crippen LogP contribution >= 0.6 is 0 Å². The molecule has 0 N–H and O–H groups in total. The van der Waals surface area contributed by atoms with E-state index in [9.17, 15) is 4.79 Å². The monoisotopic (exact) mass is 312 g/mol. The molecule has 3 rings (SSSR count). The molecule has 0 saturated carbocycles. The molecule has 4 nitrogen and oxygen atoms in total. The van der Waals surface area contributed by atoms with Crippen LogP contribution < -0.4 is 0 Å². The molecule has 4 heteroatoms. The van der Waals surface area contributed by atoms with Crippen molar-refractivity contribution in [1.82, 2.24) is 10.1 Å². The average Bonchev–Trinajstić information content (AvgIpc) is 2.79. The van der Waals surface area contributed by atoms with Crippen molar-refractivity contribution in [3.63, 3.8) is 0 Å². The number of hydrogen-bond donors (Lipinski definition) is 0. The molecule has 0 radical (unpaired) electrons. The van der Waals surface area contributed by atoms with Crippen LogP contribution in [0.5, 0.6) is 0 Å². The molecular formula is C19H24N2O2. The van der Waals surface area contributed by atoms with Gasteiger partial charge in [0.25, 0.3) is 0 Å². The molecule has 1 aliphatic heterocycles. The van der Waals surface area contributed by atoms with E-state index in [0.717, 1.165) is 36.4 Å². The highest BCUT2D eigenvalue weighted by atomic mass is 16.5. The van der Waals surface area contributed by atoms with Gasteiger partial charge in [-0.25, -0.2) is 0 Å². The molecule has 0 aliphatic carbocycles. The number of hydrogen-bond acceptors (Lipinski definition) is 3. The van der Waals surface area contributed by atoms with Crippen molar-refractivity contribution in [2.75, 3.05) is 6.54 Å². The highest BCUT2D eigenvalue weighted by Crippen LogP contribution is 2.31. The fraction of sp³-hybridized carbons (Fsp3) is 0.474. The van der Waals surface area contributed by atoms with Crippen molar-refractivity contribution in [1.29, 1.82) is 0 Å². The van der Waals surface area contributed by atoms with Crippen LogP contribution in [0.2, 0.25) is 0 Å². The maximum Gasteiger partial charge on any atom is 0.227 e. The first-order valence-corrected chi connectivity index (χ1v) is 8.43. The summed E-state index contributed by atoms with van der Waals surface area (Å²) in [5.74, 6) is 0.928. The van der Waals surface area contributed by atoms with Crippen molar-refractivity contribution in [2.24, 2.45) is 0 Å². The van der Waals surface area contributed by atoms with E-state index in [1.165, 1.54) is 18.4 Å². The number of likely N-dealkylation sites (tertiary alicyclic amines) is 1. The number of carbonyl (C=O) groups is 1. The van der Waals surface area contributed by atoms with E-state index in [-0.39, 0.29) is 11.9 Å². The number of carbonyl (C=O) groups excluding carboxylic acids is 1. The van der Waals surface area contributed by atoms with Crippen LogP contribution in [0.15, 0.2) is 34.9 Å². The number of benzene rings is 1. The van der Waals surface area contributed by atoms with Gasteiger partial charge in [-0.1, -0.05) is 48.3 Å². The van der Waals surface area contributed by atoms with Gasteiger partial charge >= 0.3 is 0 Å². The van der Waals surface area contributed by atoms with Crippen LogP contribution in [0.1, 0.15) is 54.3 Å². The summed E-state index contributed by atoms with van der Waals surface area (Å²) in [6.07, 6.45) is 4.87. The summed E-state index contributed by atoms with van der Waals surface area (Å²) in [7, 11) is 0. The molecule has 122 valence electrons. The maximum absolute atomic E-state index is 13.0. The van der Waals surface area contributed by atoms with E-state index in [0.29, 0.717) is 6.42 Å². The Bertz CT molecular complexity index is 644. The Morgan fingerprint density at radius 2 is 2.00 bits per heavy atom. The van der Waals surface area contributed by atoms with Gasteiger partial charge in [0.15, 0.2) is 0 Å². The largest absolute Gasteiger partial charge is 0.361 e. The topological polar surface area (TPSA) is 46.3 Å². The zero-order chi connectivity index (χ0) is 16.2. The highest BCUT2D eigenvalue weighted by molar-refractivity contribution is 5.79. The number of rotatable bonds is 3. The van der Waals surface area contributed by atoms with E-state index in [4.69, 9.17) is 4.52 Å². The standard InChI is InChI=1S/C19H24N2O2/c1-14-17(15(2)23-20-14)13-19(22)21-12-8-4-7-11-18(21)16-9-5-3-6-10-16/h3,5-6,9-10,18H,4,7-8,11-13H2,1-2H3/t18-/m1/s1. The van der Waals surface area contributed by atoms with Crippen molar-refractivity contribution in [3.8, 4) is 0 Å². The molecule has 23 heavy (non-hydrogen) atoms. The summed E-state index contributed by atoms with van der Waals surface area (Å²) in [6.45, 7) is 4.61. The second-order valence-corrected chi connectivity index (χ2v) is 6.34. The molecule has 1 aromatic carbocycles. The Balaban J connectivity index is 1.83. The van der Waals surface area contributed by atoms with Crippen LogP contribution in [0.4, 0.5) is 0 Å². The van der Waals surface area contributed by atoms with E-state index in [1.54, 1.807) is 0 Å². The third-order valence-corrected chi connectivity index (χ3v) is 4.77. The predicted molar refractivity (Wildman–Crippen MR) is 89.0 cm³/mol. The average molecular weight is 312 g/mol. The van der Waals surface area contributed by atoms with Crippen LogP contribution in [-0.4, -0.2) is 22.5 Å². The first kappa shape index (κ1) is 15.8. The maximum atomic E-state index is 13.0. The summed E-state index contributed by atoms with van der Waals surface area (Å²) in [5, 5.41) is 3.96. The first-order chi connectivity index (χ1) is 11.2. The SMILES string of the molecule is Cc1noc(C)c1CC(=O)N1CCCCC[C@@H]1c1ccccc1. The van der Waals surface area contributed by atoms with Gasteiger partial charge in [-0.15, -0.1) is 0 Å². The second kappa shape index (κ2) is 6.99. The lowest BCUT2D eigenvalue weighted by atomic mass is 10.00.